The van der Waals surface area contributed by atoms with Gasteiger partial charge in [-0.25, -0.2) is 0 Å². The summed E-state index contributed by atoms with van der Waals surface area (Å²) in [5.41, 5.74) is 1.15. The zero-order valence-electron chi connectivity index (χ0n) is 8.20. The van der Waals surface area contributed by atoms with Gasteiger partial charge in [-0.1, -0.05) is 6.58 Å². The van der Waals surface area contributed by atoms with Crippen LogP contribution in [0.15, 0.2) is 24.8 Å². The SMILES string of the molecule is C=C(C#N)c1ccc(OC)c(OC)c1. The minimum absolute atomic E-state index is 0.408. The maximum atomic E-state index is 8.66. The van der Waals surface area contributed by atoms with Crippen LogP contribution < -0.4 is 9.47 Å². The standard InChI is InChI=1S/C11H11NO2/c1-8(7-12)9-4-5-10(13-2)11(6-9)14-3/h4-6H,1H2,2-3H3. The van der Waals surface area contributed by atoms with Gasteiger partial charge in [0.15, 0.2) is 11.5 Å². The molecule has 0 bridgehead atoms. The first-order valence-corrected chi connectivity index (χ1v) is 4.04. The summed E-state index contributed by atoms with van der Waals surface area (Å²) >= 11 is 0. The summed E-state index contributed by atoms with van der Waals surface area (Å²) in [6.45, 7) is 3.62. The maximum Gasteiger partial charge on any atom is 0.161 e. The Bertz CT molecular complexity index is 391. The number of allylic oxidation sites excluding steroid dienone is 1. The van der Waals surface area contributed by atoms with Crippen molar-refractivity contribution in [3.8, 4) is 17.6 Å². The van der Waals surface area contributed by atoms with Crippen molar-refractivity contribution < 1.29 is 9.47 Å². The van der Waals surface area contributed by atoms with Crippen LogP contribution in [0.3, 0.4) is 0 Å². The highest BCUT2D eigenvalue weighted by Crippen LogP contribution is 2.29. The summed E-state index contributed by atoms with van der Waals surface area (Å²) in [5.74, 6) is 1.24. The Balaban J connectivity index is 3.15. The molecule has 14 heavy (non-hydrogen) atoms. The average Bonchev–Trinajstić information content (AvgIpc) is 2.26. The summed E-state index contributed by atoms with van der Waals surface area (Å²) in [6, 6.07) is 7.22. The molecule has 0 fully saturated rings. The monoisotopic (exact) mass is 189 g/mol. The van der Waals surface area contributed by atoms with E-state index < -0.39 is 0 Å². The predicted octanol–water partition coefficient (Wildman–Crippen LogP) is 2.24. The van der Waals surface area contributed by atoms with E-state index in [2.05, 4.69) is 6.58 Å². The van der Waals surface area contributed by atoms with Crippen molar-refractivity contribution in [2.45, 2.75) is 0 Å². The summed E-state index contributed by atoms with van der Waals surface area (Å²) in [6.07, 6.45) is 0. The highest BCUT2D eigenvalue weighted by Gasteiger charge is 2.05. The molecule has 0 amide bonds. The first-order valence-electron chi connectivity index (χ1n) is 4.04. The van der Waals surface area contributed by atoms with Crippen molar-refractivity contribution in [1.82, 2.24) is 0 Å². The molecule has 0 aliphatic heterocycles. The minimum atomic E-state index is 0.408. The Hall–Kier alpha value is -1.95. The van der Waals surface area contributed by atoms with E-state index in [1.807, 2.05) is 6.07 Å². The van der Waals surface area contributed by atoms with Crippen molar-refractivity contribution in [2.75, 3.05) is 14.2 Å². The zero-order chi connectivity index (χ0) is 10.6. The van der Waals surface area contributed by atoms with Gasteiger partial charge < -0.3 is 9.47 Å². The summed E-state index contributed by atoms with van der Waals surface area (Å²) in [5, 5.41) is 8.66. The highest BCUT2D eigenvalue weighted by molar-refractivity contribution is 5.76. The lowest BCUT2D eigenvalue weighted by atomic mass is 10.1. The second kappa shape index (κ2) is 4.33. The van der Waals surface area contributed by atoms with Gasteiger partial charge in [0, 0.05) is 0 Å². The number of methoxy groups -OCH3 is 2. The average molecular weight is 189 g/mol. The second-order valence-electron chi connectivity index (χ2n) is 2.66. The highest BCUT2D eigenvalue weighted by atomic mass is 16.5. The molecule has 0 heterocycles. The lowest BCUT2D eigenvalue weighted by molar-refractivity contribution is 0.355. The zero-order valence-corrected chi connectivity index (χ0v) is 8.20. The number of nitriles is 1. The van der Waals surface area contributed by atoms with Crippen molar-refractivity contribution in [3.63, 3.8) is 0 Å². The maximum absolute atomic E-state index is 8.66. The summed E-state index contributed by atoms with van der Waals surface area (Å²) in [7, 11) is 3.12. The molecule has 0 atom stereocenters. The molecule has 0 radical (unpaired) electrons. The van der Waals surface area contributed by atoms with Gasteiger partial charge >= 0.3 is 0 Å². The smallest absolute Gasteiger partial charge is 0.161 e. The molecule has 0 unspecified atom stereocenters. The molecular formula is C11H11NO2. The largest absolute Gasteiger partial charge is 0.493 e. The third kappa shape index (κ3) is 1.86. The van der Waals surface area contributed by atoms with Crippen LogP contribution in [0.2, 0.25) is 0 Å². The van der Waals surface area contributed by atoms with Crippen molar-refractivity contribution in [1.29, 1.82) is 5.26 Å². The molecule has 72 valence electrons. The molecule has 0 aliphatic carbocycles. The van der Waals surface area contributed by atoms with Gasteiger partial charge in [-0.3, -0.25) is 0 Å². The molecule has 3 nitrogen and oxygen atoms in total. The fraction of sp³-hybridized carbons (Fsp3) is 0.182. The molecule has 3 heteroatoms. The van der Waals surface area contributed by atoms with Crippen LogP contribution in [0, 0.1) is 11.3 Å². The van der Waals surface area contributed by atoms with Crippen LogP contribution in [0.4, 0.5) is 0 Å². The normalized spacial score (nSPS) is 8.93. The first kappa shape index (κ1) is 10.1. The number of hydrogen-bond donors (Lipinski definition) is 0. The van der Waals surface area contributed by atoms with Gasteiger partial charge in [0.25, 0.3) is 0 Å². The number of nitrogens with zero attached hydrogens (tertiary/aromatic N) is 1. The lowest BCUT2D eigenvalue weighted by Gasteiger charge is -2.08. The van der Waals surface area contributed by atoms with E-state index >= 15 is 0 Å². The van der Waals surface area contributed by atoms with E-state index in [0.29, 0.717) is 17.1 Å². The Morgan fingerprint density at radius 1 is 1.29 bits per heavy atom. The van der Waals surface area contributed by atoms with Crippen molar-refractivity contribution >= 4 is 5.57 Å². The molecule has 1 aromatic carbocycles. The van der Waals surface area contributed by atoms with Gasteiger partial charge in [-0.2, -0.15) is 5.26 Å². The fourth-order valence-electron chi connectivity index (χ4n) is 1.09. The topological polar surface area (TPSA) is 42.2 Å². The van der Waals surface area contributed by atoms with E-state index in [9.17, 15) is 0 Å². The van der Waals surface area contributed by atoms with E-state index in [1.54, 1.807) is 32.4 Å². The molecular weight excluding hydrogens is 178 g/mol. The van der Waals surface area contributed by atoms with E-state index in [0.717, 1.165) is 5.56 Å². The van der Waals surface area contributed by atoms with Gasteiger partial charge in [0.2, 0.25) is 0 Å². The number of rotatable bonds is 3. The fourth-order valence-corrected chi connectivity index (χ4v) is 1.09. The van der Waals surface area contributed by atoms with Crippen LogP contribution >= 0.6 is 0 Å². The Morgan fingerprint density at radius 3 is 2.43 bits per heavy atom. The Morgan fingerprint density at radius 2 is 1.93 bits per heavy atom. The molecule has 0 spiro atoms. The lowest BCUT2D eigenvalue weighted by Crippen LogP contribution is -1.91. The predicted molar refractivity (Wildman–Crippen MR) is 54.2 cm³/mol. The second-order valence-corrected chi connectivity index (χ2v) is 2.66. The van der Waals surface area contributed by atoms with Crippen LogP contribution in [-0.4, -0.2) is 14.2 Å². The first-order chi connectivity index (χ1) is 6.72. The molecule has 0 aromatic heterocycles. The van der Waals surface area contributed by atoms with Crippen LogP contribution in [0.25, 0.3) is 5.57 Å². The minimum Gasteiger partial charge on any atom is -0.493 e. The van der Waals surface area contributed by atoms with Crippen molar-refractivity contribution in [3.05, 3.63) is 30.3 Å². The van der Waals surface area contributed by atoms with Gasteiger partial charge in [-0.05, 0) is 23.8 Å². The Labute approximate surface area is 83.2 Å². The molecule has 0 saturated carbocycles. The third-order valence-corrected chi connectivity index (χ3v) is 1.87. The van der Waals surface area contributed by atoms with E-state index in [1.165, 1.54) is 0 Å². The number of ether oxygens (including phenoxy) is 2. The van der Waals surface area contributed by atoms with Gasteiger partial charge in [0.05, 0.1) is 25.9 Å². The molecule has 1 rings (SSSR count). The van der Waals surface area contributed by atoms with Crippen LogP contribution in [0.1, 0.15) is 5.56 Å². The third-order valence-electron chi connectivity index (χ3n) is 1.87. The number of hydrogen-bond acceptors (Lipinski definition) is 3. The van der Waals surface area contributed by atoms with Crippen LogP contribution in [-0.2, 0) is 0 Å². The molecule has 0 N–H and O–H groups in total. The van der Waals surface area contributed by atoms with Crippen molar-refractivity contribution in [2.24, 2.45) is 0 Å². The number of benzene rings is 1. The van der Waals surface area contributed by atoms with Gasteiger partial charge in [-0.15, -0.1) is 0 Å². The Kier molecular flexibility index (Phi) is 3.14. The van der Waals surface area contributed by atoms with Crippen LogP contribution in [0.5, 0.6) is 11.5 Å². The van der Waals surface area contributed by atoms with E-state index in [-0.39, 0.29) is 0 Å². The molecule has 0 saturated heterocycles. The molecule has 1 aromatic rings. The quantitative estimate of drug-likeness (QED) is 0.685. The summed E-state index contributed by atoms with van der Waals surface area (Å²) in [4.78, 5) is 0. The molecule has 0 aliphatic rings. The van der Waals surface area contributed by atoms with Gasteiger partial charge in [0.1, 0.15) is 0 Å². The summed E-state index contributed by atoms with van der Waals surface area (Å²) < 4.78 is 10.2. The van der Waals surface area contributed by atoms with E-state index in [4.69, 9.17) is 14.7 Å².